The molecule has 0 aromatic heterocycles. The number of likely N-dealkylation sites (tertiary alicyclic amines) is 1. The molecule has 3 aromatic rings. The van der Waals surface area contributed by atoms with E-state index in [1.807, 2.05) is 0 Å². The third kappa shape index (κ3) is 7.79. The van der Waals surface area contributed by atoms with E-state index in [9.17, 15) is 0 Å². The molecule has 51 heavy (non-hydrogen) atoms. The van der Waals surface area contributed by atoms with Crippen molar-refractivity contribution in [3.8, 4) is 28.7 Å². The number of ether oxygens (including phenoxy) is 3. The van der Waals surface area contributed by atoms with Crippen molar-refractivity contribution in [1.82, 2.24) is 4.90 Å². The zero-order chi connectivity index (χ0) is 36.8. The Hall–Kier alpha value is -3.21. The first-order valence-corrected chi connectivity index (χ1v) is 24.9. The van der Waals surface area contributed by atoms with Gasteiger partial charge < -0.3 is 28.0 Å². The first-order valence-electron chi connectivity index (χ1n) is 19.1. The molecule has 1 fully saturated rings. The third-order valence-corrected chi connectivity index (χ3v) is 20.8. The Morgan fingerprint density at radius 2 is 1.25 bits per heavy atom. The van der Waals surface area contributed by atoms with Gasteiger partial charge in [0.05, 0.1) is 6.61 Å². The summed E-state index contributed by atoms with van der Waals surface area (Å²) < 4.78 is 33.5. The first kappa shape index (κ1) is 37.5. The summed E-state index contributed by atoms with van der Waals surface area (Å²) in [7, 11) is -4.09. The first-order chi connectivity index (χ1) is 23.9. The molecule has 3 heterocycles. The quantitative estimate of drug-likeness (QED) is 0.153. The fourth-order valence-corrected chi connectivity index (χ4v) is 8.88. The Balaban J connectivity index is 1.34. The molecular formula is C43H61NO5Si2. The molecule has 0 N–H and O–H groups in total. The fourth-order valence-electron chi connectivity index (χ4n) is 6.83. The predicted molar refractivity (Wildman–Crippen MR) is 216 cm³/mol. The van der Waals surface area contributed by atoms with Crippen molar-refractivity contribution in [3.63, 3.8) is 0 Å². The maximum absolute atomic E-state index is 7.18. The van der Waals surface area contributed by atoms with Crippen LogP contribution in [0.25, 0.3) is 11.1 Å². The number of nitrogens with zero attached hydrogens (tertiary/aromatic N) is 1. The minimum Gasteiger partial charge on any atom is -0.543 e. The van der Waals surface area contributed by atoms with E-state index < -0.39 is 22.2 Å². The van der Waals surface area contributed by atoms with E-state index in [1.165, 1.54) is 32.4 Å². The Kier molecular flexibility index (Phi) is 10.3. The van der Waals surface area contributed by atoms with E-state index in [-0.39, 0.29) is 10.1 Å². The SMILES string of the molecule is CC1(c2ccc(OCCCN3CCCCC3)cc2)Oc2cc(O[Si](C)(C)C(C)(C)C)ccc2C2=C1c1ccc(O[Si](C)(C)C(C)(C)C)cc1OC2. The lowest BCUT2D eigenvalue weighted by Crippen LogP contribution is -2.44. The monoisotopic (exact) mass is 727 g/mol. The fraction of sp³-hybridized carbons (Fsp3) is 0.535. The Morgan fingerprint density at radius 3 is 1.84 bits per heavy atom. The normalized spacial score (nSPS) is 19.7. The smallest absolute Gasteiger partial charge is 0.250 e. The van der Waals surface area contributed by atoms with Crippen molar-refractivity contribution in [2.45, 2.75) is 116 Å². The van der Waals surface area contributed by atoms with Gasteiger partial charge in [-0.05, 0) is 118 Å². The summed E-state index contributed by atoms with van der Waals surface area (Å²) in [5.74, 6) is 4.24. The highest BCUT2D eigenvalue weighted by atomic mass is 28.4. The molecule has 0 spiro atoms. The minimum absolute atomic E-state index is 0.0827. The van der Waals surface area contributed by atoms with Crippen LogP contribution in [0.1, 0.15) is 90.8 Å². The summed E-state index contributed by atoms with van der Waals surface area (Å²) >= 11 is 0. The van der Waals surface area contributed by atoms with Crippen LogP contribution in [0.4, 0.5) is 0 Å². The van der Waals surface area contributed by atoms with Gasteiger partial charge in [0.25, 0.3) is 0 Å². The van der Waals surface area contributed by atoms with E-state index in [4.69, 9.17) is 23.1 Å². The largest absolute Gasteiger partial charge is 0.543 e. The van der Waals surface area contributed by atoms with Crippen molar-refractivity contribution in [1.29, 1.82) is 0 Å². The lowest BCUT2D eigenvalue weighted by atomic mass is 9.76. The molecule has 3 aliphatic heterocycles. The Bertz CT molecular complexity index is 1750. The summed E-state index contributed by atoms with van der Waals surface area (Å²) in [6.45, 7) is 29.6. The van der Waals surface area contributed by atoms with E-state index >= 15 is 0 Å². The van der Waals surface area contributed by atoms with Crippen LogP contribution >= 0.6 is 0 Å². The van der Waals surface area contributed by atoms with Gasteiger partial charge in [-0.2, -0.15) is 0 Å². The summed E-state index contributed by atoms with van der Waals surface area (Å²) in [5, 5.41) is 0.175. The highest BCUT2D eigenvalue weighted by molar-refractivity contribution is 6.75. The van der Waals surface area contributed by atoms with Crippen molar-refractivity contribution in [2.75, 3.05) is 32.8 Å². The number of benzene rings is 3. The molecule has 8 heteroatoms. The molecule has 3 aromatic carbocycles. The third-order valence-electron chi connectivity index (χ3n) is 12.1. The van der Waals surface area contributed by atoms with E-state index in [0.29, 0.717) is 13.2 Å². The van der Waals surface area contributed by atoms with Crippen LogP contribution in [-0.2, 0) is 5.60 Å². The zero-order valence-electron chi connectivity index (χ0n) is 33.1. The minimum atomic E-state index is -2.06. The lowest BCUT2D eigenvalue weighted by molar-refractivity contribution is 0.145. The molecule has 1 atom stereocenters. The molecule has 6 rings (SSSR count). The topological polar surface area (TPSA) is 49.4 Å². The van der Waals surface area contributed by atoms with Gasteiger partial charge in [-0.15, -0.1) is 0 Å². The standard InChI is InChI=1S/C43H61NO5Si2/c1-41(2,3)50(8,9)48-33-21-23-36-38(28-33)46-30-37-35-22-20-34(49-51(10,11)42(4,5)6)29-39(35)47-43(7,40(36)37)31-16-18-32(19-17-31)45-27-15-26-44-24-13-12-14-25-44/h16-23,28-29H,12-15,24-27,30H2,1-11H3. The highest BCUT2D eigenvalue weighted by Crippen LogP contribution is 2.55. The van der Waals surface area contributed by atoms with Crippen molar-refractivity contribution in [2.24, 2.45) is 0 Å². The van der Waals surface area contributed by atoms with Crippen LogP contribution in [0.3, 0.4) is 0 Å². The maximum Gasteiger partial charge on any atom is 0.250 e. The summed E-state index contributed by atoms with van der Waals surface area (Å²) in [4.78, 5) is 2.57. The molecule has 276 valence electrons. The van der Waals surface area contributed by atoms with Crippen LogP contribution in [-0.4, -0.2) is 54.4 Å². The molecule has 1 unspecified atom stereocenters. The molecule has 0 amide bonds. The zero-order valence-corrected chi connectivity index (χ0v) is 35.1. The number of rotatable bonds is 10. The number of fused-ring (bicyclic) bond motifs is 4. The Morgan fingerprint density at radius 1 is 0.706 bits per heavy atom. The second-order valence-electron chi connectivity index (χ2n) is 17.9. The van der Waals surface area contributed by atoms with Crippen LogP contribution in [0.2, 0.25) is 36.3 Å². The van der Waals surface area contributed by atoms with Gasteiger partial charge in [-0.3, -0.25) is 0 Å². The van der Waals surface area contributed by atoms with Crippen LogP contribution < -0.4 is 23.1 Å². The number of hydrogen-bond acceptors (Lipinski definition) is 6. The number of hydrogen-bond donors (Lipinski definition) is 0. The highest BCUT2D eigenvalue weighted by Gasteiger charge is 2.45. The van der Waals surface area contributed by atoms with Gasteiger partial charge in [-0.25, -0.2) is 0 Å². The molecule has 1 saturated heterocycles. The van der Waals surface area contributed by atoms with Crippen LogP contribution in [0.15, 0.2) is 60.7 Å². The average Bonchev–Trinajstić information content (AvgIpc) is 3.05. The molecule has 0 radical (unpaired) electrons. The molecule has 6 nitrogen and oxygen atoms in total. The summed E-state index contributed by atoms with van der Waals surface area (Å²) in [6, 6.07) is 21.2. The van der Waals surface area contributed by atoms with Crippen molar-refractivity contribution < 1.29 is 23.1 Å². The summed E-state index contributed by atoms with van der Waals surface area (Å²) in [5.41, 5.74) is 4.62. The molecule has 0 aliphatic carbocycles. The van der Waals surface area contributed by atoms with E-state index in [1.54, 1.807) is 0 Å². The van der Waals surface area contributed by atoms with Crippen LogP contribution in [0.5, 0.6) is 28.7 Å². The molecular weight excluding hydrogens is 667 g/mol. The van der Waals surface area contributed by atoms with Crippen LogP contribution in [0, 0.1) is 0 Å². The second-order valence-corrected chi connectivity index (χ2v) is 27.4. The summed E-state index contributed by atoms with van der Waals surface area (Å²) in [6.07, 6.45) is 5.04. The molecule has 3 aliphatic rings. The lowest BCUT2D eigenvalue weighted by Gasteiger charge is -2.43. The maximum atomic E-state index is 7.18. The van der Waals surface area contributed by atoms with Gasteiger partial charge in [0, 0.05) is 41.0 Å². The van der Waals surface area contributed by atoms with Gasteiger partial charge in [0.1, 0.15) is 35.4 Å². The Labute approximate surface area is 309 Å². The van der Waals surface area contributed by atoms with Gasteiger partial charge in [0.15, 0.2) is 5.60 Å². The van der Waals surface area contributed by atoms with Crippen molar-refractivity contribution in [3.05, 3.63) is 77.4 Å². The van der Waals surface area contributed by atoms with E-state index in [2.05, 4.69) is 140 Å². The number of piperidine rings is 1. The second kappa shape index (κ2) is 14.0. The van der Waals surface area contributed by atoms with Gasteiger partial charge in [0.2, 0.25) is 16.6 Å². The van der Waals surface area contributed by atoms with Gasteiger partial charge >= 0.3 is 0 Å². The van der Waals surface area contributed by atoms with Crippen molar-refractivity contribution >= 4 is 27.8 Å². The van der Waals surface area contributed by atoms with Gasteiger partial charge in [-0.1, -0.05) is 60.1 Å². The molecule has 0 bridgehead atoms. The van der Waals surface area contributed by atoms with E-state index in [0.717, 1.165) is 69.5 Å². The average molecular weight is 728 g/mol. The molecule has 0 saturated carbocycles. The predicted octanol–water partition coefficient (Wildman–Crippen LogP) is 11.3.